The van der Waals surface area contributed by atoms with Gasteiger partial charge in [-0.3, -0.25) is 4.79 Å². The van der Waals surface area contributed by atoms with E-state index in [9.17, 15) is 4.79 Å². The molecule has 1 aliphatic rings. The molecule has 6 heteroatoms. The smallest absolute Gasteiger partial charge is 0.267 e. The number of nitrogens with zero attached hydrogens (tertiary/aromatic N) is 3. The number of ether oxygens (including phenoxy) is 1. The van der Waals surface area contributed by atoms with E-state index in [4.69, 9.17) is 4.74 Å². The van der Waals surface area contributed by atoms with Gasteiger partial charge in [-0.1, -0.05) is 25.3 Å². The average molecular weight is 297 g/mol. The number of hydrogen-bond donors (Lipinski definition) is 0. The first kappa shape index (κ1) is 15.4. The van der Waals surface area contributed by atoms with Gasteiger partial charge in [0.1, 0.15) is 4.88 Å². The van der Waals surface area contributed by atoms with Crippen LogP contribution in [0, 0.1) is 5.41 Å². The first-order valence-corrected chi connectivity index (χ1v) is 7.99. The van der Waals surface area contributed by atoms with Crippen LogP contribution in [0.4, 0.5) is 0 Å². The van der Waals surface area contributed by atoms with Crippen LogP contribution in [0.15, 0.2) is 6.20 Å². The van der Waals surface area contributed by atoms with E-state index < -0.39 is 0 Å². The van der Waals surface area contributed by atoms with Crippen LogP contribution in [0.5, 0.6) is 0 Å². The molecule has 1 aliphatic carbocycles. The molecule has 2 atom stereocenters. The van der Waals surface area contributed by atoms with Gasteiger partial charge in [-0.05, 0) is 31.3 Å². The summed E-state index contributed by atoms with van der Waals surface area (Å²) < 4.78 is 9.55. The minimum absolute atomic E-state index is 0.00104. The Labute approximate surface area is 124 Å². The molecule has 0 aliphatic heterocycles. The lowest BCUT2D eigenvalue weighted by Gasteiger charge is -2.55. The van der Waals surface area contributed by atoms with Gasteiger partial charge in [0.2, 0.25) is 0 Å². The third kappa shape index (κ3) is 2.72. The maximum absolute atomic E-state index is 12.6. The second-order valence-electron chi connectivity index (χ2n) is 5.80. The van der Waals surface area contributed by atoms with Crippen LogP contribution < -0.4 is 0 Å². The van der Waals surface area contributed by atoms with Crippen molar-refractivity contribution in [3.05, 3.63) is 11.1 Å². The molecule has 0 unspecified atom stereocenters. The molecule has 0 bridgehead atoms. The predicted molar refractivity (Wildman–Crippen MR) is 78.8 cm³/mol. The lowest BCUT2D eigenvalue weighted by atomic mass is 9.63. The van der Waals surface area contributed by atoms with Crippen molar-refractivity contribution in [2.45, 2.75) is 52.7 Å². The van der Waals surface area contributed by atoms with Crippen LogP contribution in [-0.4, -0.2) is 45.7 Å². The maximum Gasteiger partial charge on any atom is 0.267 e. The third-order valence-corrected chi connectivity index (χ3v) is 4.82. The quantitative estimate of drug-likeness (QED) is 0.810. The molecule has 0 N–H and O–H groups in total. The van der Waals surface area contributed by atoms with Gasteiger partial charge in [0, 0.05) is 24.6 Å². The number of amides is 1. The summed E-state index contributed by atoms with van der Waals surface area (Å²) in [5.41, 5.74) is -0.00104. The molecule has 112 valence electrons. The van der Waals surface area contributed by atoms with Crippen LogP contribution in [0.3, 0.4) is 0 Å². The van der Waals surface area contributed by atoms with Crippen LogP contribution >= 0.6 is 11.5 Å². The molecule has 1 fully saturated rings. The van der Waals surface area contributed by atoms with Crippen molar-refractivity contribution in [1.82, 2.24) is 14.5 Å². The molecule has 0 radical (unpaired) electrons. The highest BCUT2D eigenvalue weighted by atomic mass is 32.1. The van der Waals surface area contributed by atoms with Gasteiger partial charge in [-0.2, -0.15) is 0 Å². The topological polar surface area (TPSA) is 55.3 Å². The average Bonchev–Trinajstić information content (AvgIpc) is 2.94. The standard InChI is InChI=1S/C14H23N3O2S/c1-5-7-17(13(18)10-9-15-16-20-10)11-8-12(19-6-2)14(11,3)4/h9,11-12H,5-8H2,1-4H3/t11-,12+/m1/s1. The first-order chi connectivity index (χ1) is 9.52. The van der Waals surface area contributed by atoms with Crippen LogP contribution in [0.1, 0.15) is 50.2 Å². The summed E-state index contributed by atoms with van der Waals surface area (Å²) in [6.45, 7) is 9.97. The molecule has 1 saturated carbocycles. The van der Waals surface area contributed by atoms with E-state index in [0.29, 0.717) is 4.88 Å². The largest absolute Gasteiger partial charge is 0.378 e. The van der Waals surface area contributed by atoms with Crippen molar-refractivity contribution < 1.29 is 9.53 Å². The predicted octanol–water partition coefficient (Wildman–Crippen LogP) is 2.59. The summed E-state index contributed by atoms with van der Waals surface area (Å²) in [6.07, 6.45) is 3.66. The summed E-state index contributed by atoms with van der Waals surface area (Å²) >= 11 is 1.16. The minimum Gasteiger partial charge on any atom is -0.378 e. The van der Waals surface area contributed by atoms with Gasteiger partial charge in [-0.15, -0.1) is 5.10 Å². The van der Waals surface area contributed by atoms with Gasteiger partial charge in [-0.25, -0.2) is 0 Å². The molecular formula is C14H23N3O2S. The van der Waals surface area contributed by atoms with E-state index in [2.05, 4.69) is 30.4 Å². The Morgan fingerprint density at radius 1 is 1.55 bits per heavy atom. The first-order valence-electron chi connectivity index (χ1n) is 7.22. The van der Waals surface area contributed by atoms with E-state index in [-0.39, 0.29) is 23.5 Å². The molecule has 2 rings (SSSR count). The lowest BCUT2D eigenvalue weighted by Crippen LogP contribution is -2.63. The van der Waals surface area contributed by atoms with E-state index in [0.717, 1.165) is 37.5 Å². The summed E-state index contributed by atoms with van der Waals surface area (Å²) in [5.74, 6) is 0.0508. The second kappa shape index (κ2) is 6.18. The van der Waals surface area contributed by atoms with Gasteiger partial charge >= 0.3 is 0 Å². The molecule has 0 saturated heterocycles. The third-order valence-electron chi connectivity index (χ3n) is 4.17. The van der Waals surface area contributed by atoms with Crippen molar-refractivity contribution in [3.63, 3.8) is 0 Å². The summed E-state index contributed by atoms with van der Waals surface area (Å²) in [6, 6.07) is 0.230. The van der Waals surface area contributed by atoms with Crippen molar-refractivity contribution in [2.75, 3.05) is 13.2 Å². The Kier molecular flexibility index (Phi) is 4.75. The SMILES string of the molecule is CCCN(C(=O)c1cnns1)[C@@H]1C[C@H](OCC)C1(C)C. The van der Waals surface area contributed by atoms with E-state index >= 15 is 0 Å². The molecule has 1 aromatic heterocycles. The zero-order valence-corrected chi connectivity index (χ0v) is 13.4. The molecule has 0 aromatic carbocycles. The van der Waals surface area contributed by atoms with Gasteiger partial charge in [0.15, 0.2) is 0 Å². The van der Waals surface area contributed by atoms with Gasteiger partial charge in [0.25, 0.3) is 5.91 Å². The summed E-state index contributed by atoms with van der Waals surface area (Å²) in [5, 5.41) is 3.77. The number of aromatic nitrogens is 2. The molecule has 20 heavy (non-hydrogen) atoms. The Morgan fingerprint density at radius 3 is 2.80 bits per heavy atom. The summed E-state index contributed by atoms with van der Waals surface area (Å²) in [7, 11) is 0. The number of hydrogen-bond acceptors (Lipinski definition) is 5. The molecular weight excluding hydrogens is 274 g/mol. The summed E-state index contributed by atoms with van der Waals surface area (Å²) in [4.78, 5) is 15.2. The zero-order valence-electron chi connectivity index (χ0n) is 12.6. The zero-order chi connectivity index (χ0) is 14.8. The fraction of sp³-hybridized carbons (Fsp3) is 0.786. The fourth-order valence-corrected chi connectivity index (χ4v) is 3.39. The molecule has 1 amide bonds. The number of rotatable bonds is 6. The molecule has 0 spiro atoms. The second-order valence-corrected chi connectivity index (χ2v) is 6.58. The highest BCUT2D eigenvalue weighted by Gasteiger charge is 2.52. The lowest BCUT2D eigenvalue weighted by molar-refractivity contribution is -0.140. The monoisotopic (exact) mass is 297 g/mol. The Balaban J connectivity index is 2.12. The number of carbonyl (C=O) groups is 1. The van der Waals surface area contributed by atoms with E-state index in [1.54, 1.807) is 6.20 Å². The Hall–Kier alpha value is -1.01. The Bertz CT molecular complexity index is 447. The van der Waals surface area contributed by atoms with Crippen molar-refractivity contribution in [2.24, 2.45) is 5.41 Å². The Morgan fingerprint density at radius 2 is 2.30 bits per heavy atom. The fourth-order valence-electron chi connectivity index (χ4n) is 2.92. The van der Waals surface area contributed by atoms with Crippen LogP contribution in [-0.2, 0) is 4.74 Å². The normalized spacial score (nSPS) is 24.2. The van der Waals surface area contributed by atoms with Crippen LogP contribution in [0.2, 0.25) is 0 Å². The van der Waals surface area contributed by atoms with Gasteiger partial charge in [0.05, 0.1) is 12.3 Å². The van der Waals surface area contributed by atoms with E-state index in [1.807, 2.05) is 11.8 Å². The highest BCUT2D eigenvalue weighted by Crippen LogP contribution is 2.46. The highest BCUT2D eigenvalue weighted by molar-refractivity contribution is 7.07. The molecule has 1 heterocycles. The van der Waals surface area contributed by atoms with Crippen molar-refractivity contribution in [3.8, 4) is 0 Å². The number of carbonyl (C=O) groups excluding carboxylic acids is 1. The van der Waals surface area contributed by atoms with Gasteiger partial charge < -0.3 is 9.64 Å². The molecule has 5 nitrogen and oxygen atoms in total. The minimum atomic E-state index is -0.00104. The van der Waals surface area contributed by atoms with Crippen molar-refractivity contribution in [1.29, 1.82) is 0 Å². The van der Waals surface area contributed by atoms with Crippen LogP contribution in [0.25, 0.3) is 0 Å². The van der Waals surface area contributed by atoms with Crippen molar-refractivity contribution >= 4 is 17.4 Å². The maximum atomic E-state index is 12.6. The van der Waals surface area contributed by atoms with E-state index in [1.165, 1.54) is 0 Å². The molecule has 1 aromatic rings.